The largest absolute Gasteiger partial charge is 0.356 e. The van der Waals surface area contributed by atoms with E-state index in [4.69, 9.17) is 9.78 Å². The van der Waals surface area contributed by atoms with Crippen molar-refractivity contribution < 1.29 is 9.32 Å². The molecule has 0 aliphatic carbocycles. The number of amides is 1. The molecule has 0 spiro atoms. The Kier molecular flexibility index (Phi) is 3.70. The number of hydrogen-bond donors (Lipinski definition) is 2. The van der Waals surface area contributed by atoms with Gasteiger partial charge in [-0.15, -0.1) is 0 Å². The van der Waals surface area contributed by atoms with Gasteiger partial charge in [-0.3, -0.25) is 4.79 Å². The molecule has 0 radical (unpaired) electrons. The second-order valence-corrected chi connectivity index (χ2v) is 4.65. The van der Waals surface area contributed by atoms with E-state index in [1.54, 1.807) is 6.07 Å². The van der Waals surface area contributed by atoms with Gasteiger partial charge in [-0.05, 0) is 6.07 Å². The number of aromatic nitrogens is 2. The Hall–Kier alpha value is -3.33. The molecule has 0 unspecified atom stereocenters. The van der Waals surface area contributed by atoms with Crippen LogP contribution in [0.25, 0.3) is 11.3 Å². The van der Waals surface area contributed by atoms with Gasteiger partial charge in [-0.2, -0.15) is 5.26 Å². The summed E-state index contributed by atoms with van der Waals surface area (Å²) in [5.74, 6) is 0.349. The summed E-state index contributed by atoms with van der Waals surface area (Å²) >= 11 is 0. The molecule has 6 heteroatoms. The van der Waals surface area contributed by atoms with Gasteiger partial charge in [0, 0.05) is 17.8 Å². The summed E-state index contributed by atoms with van der Waals surface area (Å²) in [6.45, 7) is 0.246. The van der Waals surface area contributed by atoms with Gasteiger partial charge in [0.15, 0.2) is 5.76 Å². The standard InChI is InChI=1S/C16H12N4O2/c17-8-11-6-14(18-9-11)16(21)19-10-13-7-15(22-20-13)12-4-2-1-3-5-12/h1-7,9,18H,10H2,(H,19,21). The van der Waals surface area contributed by atoms with Crippen LogP contribution in [0.5, 0.6) is 0 Å². The third-order valence-electron chi connectivity index (χ3n) is 3.10. The van der Waals surface area contributed by atoms with Crippen LogP contribution in [0.3, 0.4) is 0 Å². The van der Waals surface area contributed by atoms with Crippen molar-refractivity contribution in [3.63, 3.8) is 0 Å². The molecular weight excluding hydrogens is 280 g/mol. The fraction of sp³-hybridized carbons (Fsp3) is 0.0625. The van der Waals surface area contributed by atoms with Crippen LogP contribution in [0, 0.1) is 11.3 Å². The fourth-order valence-corrected chi connectivity index (χ4v) is 1.99. The van der Waals surface area contributed by atoms with Crippen LogP contribution in [0.15, 0.2) is 53.2 Å². The van der Waals surface area contributed by atoms with Crippen LogP contribution >= 0.6 is 0 Å². The van der Waals surface area contributed by atoms with Crippen LogP contribution in [0.4, 0.5) is 0 Å². The second kappa shape index (κ2) is 5.97. The third kappa shape index (κ3) is 2.88. The quantitative estimate of drug-likeness (QED) is 0.772. The molecule has 1 aromatic carbocycles. The van der Waals surface area contributed by atoms with E-state index in [2.05, 4.69) is 15.5 Å². The molecule has 108 valence electrons. The first kappa shape index (κ1) is 13.6. The van der Waals surface area contributed by atoms with Crippen molar-refractivity contribution in [1.29, 1.82) is 5.26 Å². The monoisotopic (exact) mass is 292 g/mol. The minimum atomic E-state index is -0.300. The maximum Gasteiger partial charge on any atom is 0.268 e. The van der Waals surface area contributed by atoms with Crippen molar-refractivity contribution in [2.24, 2.45) is 0 Å². The zero-order valence-electron chi connectivity index (χ0n) is 11.5. The Balaban J connectivity index is 1.64. The van der Waals surface area contributed by atoms with E-state index in [-0.39, 0.29) is 12.5 Å². The van der Waals surface area contributed by atoms with Gasteiger partial charge >= 0.3 is 0 Å². The second-order valence-electron chi connectivity index (χ2n) is 4.65. The fourth-order valence-electron chi connectivity index (χ4n) is 1.99. The number of hydrogen-bond acceptors (Lipinski definition) is 4. The topological polar surface area (TPSA) is 94.7 Å². The van der Waals surface area contributed by atoms with Crippen molar-refractivity contribution in [3.05, 3.63) is 65.6 Å². The van der Waals surface area contributed by atoms with E-state index in [9.17, 15) is 4.79 Å². The number of rotatable bonds is 4. The molecule has 1 amide bonds. The molecule has 0 bridgehead atoms. The number of benzene rings is 1. The smallest absolute Gasteiger partial charge is 0.268 e. The first-order valence-corrected chi connectivity index (χ1v) is 6.64. The summed E-state index contributed by atoms with van der Waals surface area (Å²) < 4.78 is 5.26. The molecule has 3 rings (SSSR count). The number of carbonyl (C=O) groups is 1. The molecule has 0 atom stereocenters. The highest BCUT2D eigenvalue weighted by Gasteiger charge is 2.10. The number of carbonyl (C=O) groups excluding carboxylic acids is 1. The predicted molar refractivity (Wildman–Crippen MR) is 78.6 cm³/mol. The number of nitriles is 1. The lowest BCUT2D eigenvalue weighted by molar-refractivity contribution is 0.0945. The average Bonchev–Trinajstić information content (AvgIpc) is 3.22. The van der Waals surface area contributed by atoms with Gasteiger partial charge in [-0.1, -0.05) is 35.5 Å². The van der Waals surface area contributed by atoms with Gasteiger partial charge in [-0.25, -0.2) is 0 Å². The highest BCUT2D eigenvalue weighted by atomic mass is 16.5. The van der Waals surface area contributed by atoms with E-state index in [1.165, 1.54) is 12.3 Å². The van der Waals surface area contributed by atoms with Crippen LogP contribution in [-0.4, -0.2) is 16.0 Å². The van der Waals surface area contributed by atoms with E-state index in [0.717, 1.165) is 5.56 Å². The Morgan fingerprint density at radius 3 is 2.86 bits per heavy atom. The van der Waals surface area contributed by atoms with Crippen molar-refractivity contribution >= 4 is 5.91 Å². The minimum Gasteiger partial charge on any atom is -0.356 e. The Morgan fingerprint density at radius 1 is 1.32 bits per heavy atom. The van der Waals surface area contributed by atoms with Crippen LogP contribution in [0.2, 0.25) is 0 Å². The van der Waals surface area contributed by atoms with Crippen molar-refractivity contribution in [2.75, 3.05) is 0 Å². The van der Waals surface area contributed by atoms with E-state index in [1.807, 2.05) is 36.4 Å². The molecular formula is C16H12N4O2. The minimum absolute atomic E-state index is 0.246. The van der Waals surface area contributed by atoms with Crippen LogP contribution in [-0.2, 0) is 6.54 Å². The third-order valence-corrected chi connectivity index (χ3v) is 3.10. The van der Waals surface area contributed by atoms with Crippen molar-refractivity contribution in [1.82, 2.24) is 15.5 Å². The van der Waals surface area contributed by atoms with Gasteiger partial charge in [0.25, 0.3) is 5.91 Å². The molecule has 0 saturated heterocycles. The van der Waals surface area contributed by atoms with E-state index >= 15 is 0 Å². The Morgan fingerprint density at radius 2 is 2.14 bits per heavy atom. The first-order valence-electron chi connectivity index (χ1n) is 6.64. The lowest BCUT2D eigenvalue weighted by Crippen LogP contribution is -2.23. The molecule has 0 aliphatic heterocycles. The van der Waals surface area contributed by atoms with E-state index in [0.29, 0.717) is 22.7 Å². The van der Waals surface area contributed by atoms with Gasteiger partial charge in [0.2, 0.25) is 0 Å². The number of aromatic amines is 1. The normalized spacial score (nSPS) is 10.1. The molecule has 0 fully saturated rings. The lowest BCUT2D eigenvalue weighted by Gasteiger charge is -1.99. The zero-order valence-corrected chi connectivity index (χ0v) is 11.5. The van der Waals surface area contributed by atoms with Gasteiger partial charge in [0.05, 0.1) is 12.1 Å². The molecule has 0 saturated carbocycles. The lowest BCUT2D eigenvalue weighted by atomic mass is 10.2. The summed E-state index contributed by atoms with van der Waals surface area (Å²) in [7, 11) is 0. The molecule has 2 N–H and O–H groups in total. The Bertz CT molecular complexity index is 827. The van der Waals surface area contributed by atoms with Gasteiger partial charge in [0.1, 0.15) is 17.5 Å². The predicted octanol–water partition coefficient (Wildman–Crippen LogP) is 2.47. The van der Waals surface area contributed by atoms with Crippen LogP contribution < -0.4 is 5.32 Å². The number of H-pyrrole nitrogens is 1. The highest BCUT2D eigenvalue weighted by molar-refractivity contribution is 5.92. The first-order chi connectivity index (χ1) is 10.8. The number of nitrogens with one attached hydrogen (secondary N) is 2. The molecule has 2 aromatic heterocycles. The maximum absolute atomic E-state index is 11.9. The van der Waals surface area contributed by atoms with Crippen molar-refractivity contribution in [2.45, 2.75) is 6.54 Å². The average molecular weight is 292 g/mol. The van der Waals surface area contributed by atoms with Crippen molar-refractivity contribution in [3.8, 4) is 17.4 Å². The highest BCUT2D eigenvalue weighted by Crippen LogP contribution is 2.19. The summed E-state index contributed by atoms with van der Waals surface area (Å²) in [4.78, 5) is 14.7. The van der Waals surface area contributed by atoms with Crippen LogP contribution in [0.1, 0.15) is 21.7 Å². The summed E-state index contributed by atoms with van der Waals surface area (Å²) in [6, 6.07) is 14.8. The molecule has 0 aliphatic rings. The van der Waals surface area contributed by atoms with E-state index < -0.39 is 0 Å². The molecule has 6 nitrogen and oxygen atoms in total. The zero-order chi connectivity index (χ0) is 15.4. The van der Waals surface area contributed by atoms with Gasteiger partial charge < -0.3 is 14.8 Å². The molecule has 2 heterocycles. The maximum atomic E-state index is 11.9. The molecule has 3 aromatic rings. The SMILES string of the molecule is N#Cc1c[nH]c(C(=O)NCc2cc(-c3ccccc3)on2)c1. The number of nitrogens with zero attached hydrogens (tertiary/aromatic N) is 2. The molecule has 22 heavy (non-hydrogen) atoms. The Labute approximate surface area is 126 Å². The summed E-state index contributed by atoms with van der Waals surface area (Å²) in [5.41, 5.74) is 2.30. The summed E-state index contributed by atoms with van der Waals surface area (Å²) in [6.07, 6.45) is 1.48. The summed E-state index contributed by atoms with van der Waals surface area (Å²) in [5, 5.41) is 15.4.